The maximum absolute atomic E-state index is 9.54. The summed E-state index contributed by atoms with van der Waals surface area (Å²) in [4.78, 5) is 0. The van der Waals surface area contributed by atoms with Gasteiger partial charge in [0.15, 0.2) is 0 Å². The van der Waals surface area contributed by atoms with Gasteiger partial charge in [-0.25, -0.2) is 0 Å². The van der Waals surface area contributed by atoms with Gasteiger partial charge in [-0.3, -0.25) is 0 Å². The highest BCUT2D eigenvalue weighted by Gasteiger charge is 2.44. The quantitative estimate of drug-likeness (QED) is 0.488. The molecule has 0 saturated carbocycles. The van der Waals surface area contributed by atoms with Crippen LogP contribution in [0.25, 0.3) is 0 Å². The number of ether oxygens (including phenoxy) is 2. The number of nitriles is 1. The molecule has 0 N–H and O–H groups in total. The highest BCUT2D eigenvalue weighted by molar-refractivity contribution is 5.16. The van der Waals surface area contributed by atoms with E-state index < -0.39 is 11.0 Å². The highest BCUT2D eigenvalue weighted by Crippen LogP contribution is 2.41. The largest absolute Gasteiger partial charge is 0.505 e. The maximum atomic E-state index is 9.54. The summed E-state index contributed by atoms with van der Waals surface area (Å²) in [6.07, 6.45) is 6.89. The normalized spacial score (nSPS) is 19.6. The molecule has 0 bridgehead atoms. The first-order chi connectivity index (χ1) is 8.39. The molecule has 102 valence electrons. The summed E-state index contributed by atoms with van der Waals surface area (Å²) < 4.78 is 10.5. The molecule has 0 aliphatic carbocycles. The second kappa shape index (κ2) is 7.23. The molecule has 3 nitrogen and oxygen atoms in total. The molecule has 0 radical (unpaired) electrons. The molecule has 18 heavy (non-hydrogen) atoms. The Hall–Kier alpha value is -1.27. The SMILES string of the molecule is C=CCC(C)CC(C)(C#N)C(C)(/C=C/OC)OC. The molecule has 0 heterocycles. The fourth-order valence-electron chi connectivity index (χ4n) is 2.10. The molecule has 0 amide bonds. The lowest BCUT2D eigenvalue weighted by molar-refractivity contribution is -0.0386. The van der Waals surface area contributed by atoms with Crippen LogP contribution >= 0.6 is 0 Å². The molecular weight excluding hydrogens is 226 g/mol. The standard InChI is InChI=1S/C15H25NO2/c1-7-8-13(2)11-14(3,12-16)15(4,18-6)9-10-17-5/h7,9-10,13H,1,8,11H2,2-6H3/b10-9+. The van der Waals surface area contributed by atoms with Gasteiger partial charge in [-0.2, -0.15) is 5.26 Å². The van der Waals surface area contributed by atoms with Gasteiger partial charge in [-0.15, -0.1) is 6.58 Å². The topological polar surface area (TPSA) is 42.2 Å². The Morgan fingerprint density at radius 3 is 2.39 bits per heavy atom. The van der Waals surface area contributed by atoms with Crippen molar-refractivity contribution in [3.05, 3.63) is 25.0 Å². The van der Waals surface area contributed by atoms with Crippen molar-refractivity contribution in [3.8, 4) is 6.07 Å². The minimum absolute atomic E-state index is 0.387. The number of nitrogens with zero attached hydrogens (tertiary/aromatic N) is 1. The fourth-order valence-corrected chi connectivity index (χ4v) is 2.10. The third-order valence-corrected chi connectivity index (χ3v) is 3.61. The average molecular weight is 251 g/mol. The van der Waals surface area contributed by atoms with Gasteiger partial charge >= 0.3 is 0 Å². The molecule has 0 spiro atoms. The van der Waals surface area contributed by atoms with Crippen molar-refractivity contribution in [2.24, 2.45) is 11.3 Å². The predicted octanol–water partition coefficient (Wildman–Crippen LogP) is 3.68. The molecule has 3 heteroatoms. The Bertz CT molecular complexity index is 332. The van der Waals surface area contributed by atoms with Crippen LogP contribution in [-0.2, 0) is 9.47 Å². The lowest BCUT2D eigenvalue weighted by Gasteiger charge is -2.39. The zero-order chi connectivity index (χ0) is 14.2. The van der Waals surface area contributed by atoms with Crippen molar-refractivity contribution in [2.45, 2.75) is 39.2 Å². The first-order valence-electron chi connectivity index (χ1n) is 6.17. The summed E-state index contributed by atoms with van der Waals surface area (Å²) in [6, 6.07) is 2.40. The molecule has 0 aromatic rings. The van der Waals surface area contributed by atoms with Crippen LogP contribution < -0.4 is 0 Å². The summed E-state index contributed by atoms with van der Waals surface area (Å²) >= 11 is 0. The van der Waals surface area contributed by atoms with Crippen LogP contribution in [0.3, 0.4) is 0 Å². The first-order valence-corrected chi connectivity index (χ1v) is 6.17. The molecule has 0 aromatic heterocycles. The van der Waals surface area contributed by atoms with E-state index in [1.807, 2.05) is 19.9 Å². The van der Waals surface area contributed by atoms with E-state index in [4.69, 9.17) is 9.47 Å². The lowest BCUT2D eigenvalue weighted by atomic mass is 9.69. The van der Waals surface area contributed by atoms with Crippen molar-refractivity contribution in [1.82, 2.24) is 0 Å². The van der Waals surface area contributed by atoms with Crippen molar-refractivity contribution in [2.75, 3.05) is 14.2 Å². The zero-order valence-electron chi connectivity index (χ0n) is 12.2. The molecular formula is C15H25NO2. The molecule has 0 aliphatic rings. The minimum atomic E-state index is -0.673. The van der Waals surface area contributed by atoms with Gasteiger partial charge in [0.2, 0.25) is 0 Å². The zero-order valence-corrected chi connectivity index (χ0v) is 12.2. The summed E-state index contributed by atoms with van der Waals surface area (Å²) in [7, 11) is 3.20. The Morgan fingerprint density at radius 1 is 1.39 bits per heavy atom. The van der Waals surface area contributed by atoms with Crippen LogP contribution in [0.2, 0.25) is 0 Å². The summed E-state index contributed by atoms with van der Waals surface area (Å²) in [5.41, 5.74) is -1.29. The Balaban J connectivity index is 5.16. The average Bonchev–Trinajstić information content (AvgIpc) is 2.35. The van der Waals surface area contributed by atoms with Gasteiger partial charge in [0.25, 0.3) is 0 Å². The van der Waals surface area contributed by atoms with Crippen LogP contribution in [0, 0.1) is 22.7 Å². The van der Waals surface area contributed by atoms with Crippen LogP contribution in [0.1, 0.15) is 33.6 Å². The number of hydrogen-bond acceptors (Lipinski definition) is 3. The third-order valence-electron chi connectivity index (χ3n) is 3.61. The van der Waals surface area contributed by atoms with Crippen molar-refractivity contribution < 1.29 is 9.47 Å². The van der Waals surface area contributed by atoms with Gasteiger partial charge in [0.05, 0.1) is 24.9 Å². The van der Waals surface area contributed by atoms with Gasteiger partial charge < -0.3 is 9.47 Å². The Morgan fingerprint density at radius 2 is 2.00 bits per heavy atom. The van der Waals surface area contributed by atoms with Crippen LogP contribution in [0.4, 0.5) is 0 Å². The first kappa shape index (κ1) is 16.7. The van der Waals surface area contributed by atoms with E-state index in [1.165, 1.54) is 0 Å². The Kier molecular flexibility index (Phi) is 6.72. The summed E-state index contributed by atoms with van der Waals surface area (Å²) in [5, 5.41) is 9.54. The molecule has 0 aliphatic heterocycles. The summed E-state index contributed by atoms with van der Waals surface area (Å²) in [5.74, 6) is 0.387. The maximum Gasteiger partial charge on any atom is 0.105 e. The van der Waals surface area contributed by atoms with Crippen LogP contribution in [-0.4, -0.2) is 19.8 Å². The minimum Gasteiger partial charge on any atom is -0.505 e. The van der Waals surface area contributed by atoms with E-state index in [0.29, 0.717) is 5.92 Å². The molecule has 3 unspecified atom stereocenters. The lowest BCUT2D eigenvalue weighted by Crippen LogP contribution is -2.44. The van der Waals surface area contributed by atoms with Gasteiger partial charge in [0.1, 0.15) is 5.60 Å². The Labute approximate surface area is 111 Å². The fraction of sp³-hybridized carbons (Fsp3) is 0.667. The second-order valence-corrected chi connectivity index (χ2v) is 5.13. The van der Waals surface area contributed by atoms with E-state index in [0.717, 1.165) is 12.8 Å². The van der Waals surface area contributed by atoms with E-state index in [1.54, 1.807) is 26.6 Å². The summed E-state index contributed by atoms with van der Waals surface area (Å²) in [6.45, 7) is 9.69. The van der Waals surface area contributed by atoms with Crippen molar-refractivity contribution >= 4 is 0 Å². The van der Waals surface area contributed by atoms with Gasteiger partial charge in [-0.1, -0.05) is 13.0 Å². The van der Waals surface area contributed by atoms with E-state index >= 15 is 0 Å². The smallest absolute Gasteiger partial charge is 0.105 e. The number of allylic oxidation sites excluding steroid dienone is 1. The van der Waals surface area contributed by atoms with Crippen LogP contribution in [0.15, 0.2) is 25.0 Å². The number of rotatable bonds is 8. The number of hydrogen-bond donors (Lipinski definition) is 0. The molecule has 0 fully saturated rings. The van der Waals surface area contributed by atoms with E-state index in [2.05, 4.69) is 19.6 Å². The van der Waals surface area contributed by atoms with E-state index in [-0.39, 0.29) is 0 Å². The highest BCUT2D eigenvalue weighted by atomic mass is 16.5. The van der Waals surface area contributed by atoms with Gasteiger partial charge in [0, 0.05) is 7.11 Å². The predicted molar refractivity (Wildman–Crippen MR) is 73.9 cm³/mol. The monoisotopic (exact) mass is 251 g/mol. The van der Waals surface area contributed by atoms with Gasteiger partial charge in [-0.05, 0) is 38.7 Å². The number of methoxy groups -OCH3 is 2. The van der Waals surface area contributed by atoms with Crippen molar-refractivity contribution in [3.63, 3.8) is 0 Å². The molecule has 0 rings (SSSR count). The second-order valence-electron chi connectivity index (χ2n) is 5.13. The van der Waals surface area contributed by atoms with E-state index in [9.17, 15) is 5.26 Å². The molecule has 0 aromatic carbocycles. The van der Waals surface area contributed by atoms with Crippen LogP contribution in [0.5, 0.6) is 0 Å². The molecule has 3 atom stereocenters. The van der Waals surface area contributed by atoms with Crippen molar-refractivity contribution in [1.29, 1.82) is 5.26 Å². The molecule has 0 saturated heterocycles. The third kappa shape index (κ3) is 3.89.